The van der Waals surface area contributed by atoms with Gasteiger partial charge in [-0.25, -0.2) is 0 Å². The zero-order valence-electron chi connectivity index (χ0n) is 16.3. The average molecular weight is 387 g/mol. The highest BCUT2D eigenvalue weighted by Gasteiger charge is 2.53. The van der Waals surface area contributed by atoms with Gasteiger partial charge in [0.25, 0.3) is 5.91 Å². The molecule has 0 aliphatic heterocycles. The predicted molar refractivity (Wildman–Crippen MR) is 110 cm³/mol. The first-order chi connectivity index (χ1) is 13.1. The van der Waals surface area contributed by atoms with Crippen molar-refractivity contribution in [3.63, 3.8) is 0 Å². The monoisotopic (exact) mass is 386 g/mol. The number of thioether (sulfide) groups is 1. The molecule has 1 aromatic carbocycles. The Morgan fingerprint density at radius 1 is 1.22 bits per heavy atom. The van der Waals surface area contributed by atoms with E-state index in [1.165, 1.54) is 43.4 Å². The Hall–Kier alpha value is -1.49. The molecule has 4 fully saturated rings. The fourth-order valence-corrected chi connectivity index (χ4v) is 6.44. The molecule has 4 nitrogen and oxygen atoms in total. The van der Waals surface area contributed by atoms with Crippen molar-refractivity contribution in [3.8, 4) is 0 Å². The van der Waals surface area contributed by atoms with Crippen molar-refractivity contribution in [2.75, 3.05) is 12.9 Å². The third-order valence-electron chi connectivity index (χ3n) is 6.97. The van der Waals surface area contributed by atoms with Crippen LogP contribution in [0.1, 0.15) is 51.0 Å². The van der Waals surface area contributed by atoms with Gasteiger partial charge in [0, 0.05) is 10.9 Å². The van der Waals surface area contributed by atoms with E-state index in [0.717, 1.165) is 23.3 Å². The molecule has 0 saturated heterocycles. The van der Waals surface area contributed by atoms with Gasteiger partial charge in [-0.2, -0.15) is 0 Å². The highest BCUT2D eigenvalue weighted by molar-refractivity contribution is 7.98. The molecule has 4 saturated carbocycles. The van der Waals surface area contributed by atoms with Crippen LogP contribution in [0, 0.1) is 23.2 Å². The van der Waals surface area contributed by atoms with E-state index in [1.807, 2.05) is 24.3 Å². The summed E-state index contributed by atoms with van der Waals surface area (Å²) in [5.41, 5.74) is 1.29. The van der Waals surface area contributed by atoms with Crippen LogP contribution in [0.25, 0.3) is 0 Å². The number of hydrogen-bond acceptors (Lipinski definition) is 4. The highest BCUT2D eigenvalue weighted by atomic mass is 32.2. The minimum absolute atomic E-state index is 0.0178. The lowest BCUT2D eigenvalue weighted by atomic mass is 9.48. The summed E-state index contributed by atoms with van der Waals surface area (Å²) in [6.45, 7) is 2.18. The Labute approximate surface area is 166 Å². The molecule has 1 atom stereocenters. The molecule has 5 heteroatoms. The number of benzene rings is 1. The maximum atomic E-state index is 12.3. The molecule has 4 aliphatic carbocycles. The molecule has 146 valence electrons. The summed E-state index contributed by atoms with van der Waals surface area (Å²) >= 11 is 1.71. The number of oxime groups is 1. The smallest absolute Gasteiger partial charge is 0.261 e. The molecular weight excluding hydrogens is 356 g/mol. The summed E-state index contributed by atoms with van der Waals surface area (Å²) in [4.78, 5) is 18.8. The number of carbonyl (C=O) groups excluding carboxylic acids is 1. The molecule has 0 heterocycles. The number of amides is 1. The topological polar surface area (TPSA) is 50.7 Å². The van der Waals surface area contributed by atoms with Crippen LogP contribution in [-0.2, 0) is 9.63 Å². The fourth-order valence-electron chi connectivity index (χ4n) is 6.03. The Morgan fingerprint density at radius 3 is 2.37 bits per heavy atom. The van der Waals surface area contributed by atoms with E-state index < -0.39 is 0 Å². The molecular formula is C22H30N2O2S. The van der Waals surface area contributed by atoms with E-state index in [4.69, 9.17) is 4.84 Å². The van der Waals surface area contributed by atoms with Crippen molar-refractivity contribution >= 4 is 23.9 Å². The molecule has 0 radical (unpaired) electrons. The van der Waals surface area contributed by atoms with E-state index in [0.29, 0.717) is 5.41 Å². The van der Waals surface area contributed by atoms with Crippen molar-refractivity contribution in [1.82, 2.24) is 5.32 Å². The first-order valence-corrected chi connectivity index (χ1v) is 11.4. The lowest BCUT2D eigenvalue weighted by Gasteiger charge is -2.59. The van der Waals surface area contributed by atoms with Crippen LogP contribution in [0.3, 0.4) is 0 Å². The quantitative estimate of drug-likeness (QED) is 0.427. The van der Waals surface area contributed by atoms with E-state index in [9.17, 15) is 4.79 Å². The summed E-state index contributed by atoms with van der Waals surface area (Å²) in [7, 11) is 0. The van der Waals surface area contributed by atoms with Crippen molar-refractivity contribution in [1.29, 1.82) is 0 Å². The van der Waals surface area contributed by atoms with Gasteiger partial charge in [-0.1, -0.05) is 17.3 Å². The highest BCUT2D eigenvalue weighted by Crippen LogP contribution is 2.61. The van der Waals surface area contributed by atoms with Gasteiger partial charge in [-0.15, -0.1) is 11.8 Å². The Balaban J connectivity index is 1.25. The van der Waals surface area contributed by atoms with Crippen LogP contribution in [0.4, 0.5) is 0 Å². The van der Waals surface area contributed by atoms with Crippen LogP contribution >= 0.6 is 11.8 Å². The van der Waals surface area contributed by atoms with Gasteiger partial charge in [0.05, 0.1) is 6.21 Å². The van der Waals surface area contributed by atoms with Gasteiger partial charge < -0.3 is 10.2 Å². The first kappa shape index (κ1) is 18.9. The van der Waals surface area contributed by atoms with Crippen molar-refractivity contribution < 1.29 is 9.63 Å². The Kier molecular flexibility index (Phi) is 5.49. The minimum Gasteiger partial charge on any atom is -0.386 e. The Morgan fingerprint density at radius 2 is 1.81 bits per heavy atom. The molecule has 0 aromatic heterocycles. The normalized spacial score (nSPS) is 32.6. The summed E-state index contributed by atoms with van der Waals surface area (Å²) in [6.07, 6.45) is 11.9. The van der Waals surface area contributed by atoms with Crippen LogP contribution in [-0.4, -0.2) is 31.0 Å². The molecule has 4 aliphatic rings. The number of hydrogen-bond donors (Lipinski definition) is 1. The van der Waals surface area contributed by atoms with Gasteiger partial charge in [-0.05, 0) is 92.6 Å². The summed E-state index contributed by atoms with van der Waals surface area (Å²) in [5.74, 6) is 2.63. The van der Waals surface area contributed by atoms with E-state index in [1.54, 1.807) is 18.0 Å². The van der Waals surface area contributed by atoms with Gasteiger partial charge in [-0.3, -0.25) is 4.79 Å². The maximum absolute atomic E-state index is 12.3. The van der Waals surface area contributed by atoms with E-state index >= 15 is 0 Å². The first-order valence-electron chi connectivity index (χ1n) is 10.1. The van der Waals surface area contributed by atoms with Gasteiger partial charge in [0.1, 0.15) is 0 Å². The largest absolute Gasteiger partial charge is 0.386 e. The van der Waals surface area contributed by atoms with Gasteiger partial charge >= 0.3 is 0 Å². The standard InChI is InChI=1S/C22H30N2O2S/c1-15(22-10-17-7-18(11-22)9-19(8-17)12-22)24-21(25)14-26-23-13-16-3-5-20(27-2)6-4-16/h3-6,13,15,17-19H,7-12,14H2,1-2H3,(H,24,25). The molecule has 4 bridgehead atoms. The van der Waals surface area contributed by atoms with Crippen molar-refractivity contribution in [3.05, 3.63) is 29.8 Å². The van der Waals surface area contributed by atoms with Crippen LogP contribution in [0.2, 0.25) is 0 Å². The molecule has 1 amide bonds. The van der Waals surface area contributed by atoms with Crippen LogP contribution < -0.4 is 5.32 Å². The fraction of sp³-hybridized carbons (Fsp3) is 0.636. The van der Waals surface area contributed by atoms with E-state index in [2.05, 4.69) is 23.7 Å². The SMILES string of the molecule is CSc1ccc(C=NOCC(=O)NC(C)C23CC4CC(CC(C4)C2)C3)cc1. The third-order valence-corrected chi connectivity index (χ3v) is 7.71. The molecule has 5 rings (SSSR count). The molecule has 1 unspecified atom stereocenters. The van der Waals surface area contributed by atoms with Crippen molar-refractivity contribution in [2.24, 2.45) is 28.3 Å². The zero-order chi connectivity index (χ0) is 18.9. The maximum Gasteiger partial charge on any atom is 0.261 e. The number of carbonyl (C=O) groups is 1. The van der Waals surface area contributed by atoms with Gasteiger partial charge in [0.15, 0.2) is 6.61 Å². The van der Waals surface area contributed by atoms with Crippen LogP contribution in [0.5, 0.6) is 0 Å². The van der Waals surface area contributed by atoms with Crippen molar-refractivity contribution in [2.45, 2.75) is 56.4 Å². The lowest BCUT2D eigenvalue weighted by Crippen LogP contribution is -2.56. The zero-order valence-corrected chi connectivity index (χ0v) is 17.1. The molecule has 1 aromatic rings. The van der Waals surface area contributed by atoms with E-state index in [-0.39, 0.29) is 18.6 Å². The summed E-state index contributed by atoms with van der Waals surface area (Å²) in [6, 6.07) is 8.31. The molecule has 1 N–H and O–H groups in total. The van der Waals surface area contributed by atoms with Crippen LogP contribution in [0.15, 0.2) is 34.3 Å². The molecule has 27 heavy (non-hydrogen) atoms. The lowest BCUT2D eigenvalue weighted by molar-refractivity contribution is -0.130. The third kappa shape index (κ3) is 4.18. The summed E-state index contributed by atoms with van der Waals surface area (Å²) in [5, 5.41) is 7.15. The second kappa shape index (κ2) is 7.86. The second-order valence-electron chi connectivity index (χ2n) is 8.85. The molecule has 0 spiro atoms. The van der Waals surface area contributed by atoms with Gasteiger partial charge in [0.2, 0.25) is 0 Å². The Bertz CT molecular complexity index is 665. The minimum atomic E-state index is -0.0619. The number of nitrogens with zero attached hydrogens (tertiary/aromatic N) is 1. The second-order valence-corrected chi connectivity index (χ2v) is 9.73. The number of nitrogens with one attached hydrogen (secondary N) is 1. The average Bonchev–Trinajstić information content (AvgIpc) is 2.64. The number of rotatable bonds is 7. The summed E-state index contributed by atoms with van der Waals surface area (Å²) < 4.78 is 0. The predicted octanol–water partition coefficient (Wildman–Crippen LogP) is 4.48.